The molecule has 1 atom stereocenters. The number of hydrogen-bond donors (Lipinski definition) is 0. The van der Waals surface area contributed by atoms with Crippen molar-refractivity contribution in [1.29, 1.82) is 0 Å². The van der Waals surface area contributed by atoms with Gasteiger partial charge in [-0.05, 0) is 19.8 Å². The van der Waals surface area contributed by atoms with Crippen LogP contribution in [0.2, 0.25) is 0 Å². The minimum absolute atomic E-state index is 0.243. The van der Waals surface area contributed by atoms with Crippen molar-refractivity contribution in [3.05, 3.63) is 0 Å². The lowest BCUT2D eigenvalue weighted by atomic mass is 9.88. The molecule has 0 aromatic carbocycles. The molecule has 0 amide bonds. The van der Waals surface area contributed by atoms with Crippen molar-refractivity contribution in [2.24, 2.45) is 5.92 Å². The van der Waals surface area contributed by atoms with Crippen LogP contribution in [0.3, 0.4) is 0 Å². The third-order valence-corrected chi connectivity index (χ3v) is 2.71. The van der Waals surface area contributed by atoms with Gasteiger partial charge in [0, 0.05) is 18.8 Å². The highest BCUT2D eigenvalue weighted by Crippen LogP contribution is 2.21. The van der Waals surface area contributed by atoms with E-state index in [1.807, 2.05) is 6.92 Å². The first-order chi connectivity index (χ1) is 6.34. The van der Waals surface area contributed by atoms with Crippen molar-refractivity contribution in [2.45, 2.75) is 51.9 Å². The molecule has 1 rings (SSSR count). The first-order valence-corrected chi connectivity index (χ1v) is 5.27. The summed E-state index contributed by atoms with van der Waals surface area (Å²) >= 11 is 0. The summed E-state index contributed by atoms with van der Waals surface area (Å²) in [7, 11) is 0. The summed E-state index contributed by atoms with van der Waals surface area (Å²) < 4.78 is 0. The maximum absolute atomic E-state index is 11.6. The molecule has 0 bridgehead atoms. The predicted octanol–water partition coefficient (Wildman–Crippen LogP) is 2.94. The van der Waals surface area contributed by atoms with Gasteiger partial charge in [0.15, 0.2) is 0 Å². The van der Waals surface area contributed by atoms with Crippen LogP contribution in [0.1, 0.15) is 51.9 Å². The molecule has 72 valence electrons. The molecular formula is C12H18O. The molecule has 1 saturated carbocycles. The van der Waals surface area contributed by atoms with Crippen LogP contribution in [-0.2, 0) is 4.79 Å². The van der Waals surface area contributed by atoms with Crippen molar-refractivity contribution in [3.63, 3.8) is 0 Å². The van der Waals surface area contributed by atoms with E-state index in [2.05, 4.69) is 11.8 Å². The Morgan fingerprint density at radius 1 is 1.31 bits per heavy atom. The first kappa shape index (κ1) is 10.3. The van der Waals surface area contributed by atoms with Crippen LogP contribution in [0.15, 0.2) is 0 Å². The smallest absolute Gasteiger partial charge is 0.136 e. The second-order valence-electron chi connectivity index (χ2n) is 3.75. The zero-order chi connectivity index (χ0) is 9.52. The summed E-state index contributed by atoms with van der Waals surface area (Å²) in [5.74, 6) is 6.59. The molecule has 1 unspecified atom stereocenters. The zero-order valence-electron chi connectivity index (χ0n) is 8.44. The average molecular weight is 178 g/mol. The number of hydrogen-bond acceptors (Lipinski definition) is 1. The largest absolute Gasteiger partial charge is 0.299 e. The standard InChI is InChI=1S/C12H18O/c1-2-3-8-11-9-6-4-5-7-10-12(11)13/h11H,4-10H2,1H3. The fourth-order valence-corrected chi connectivity index (χ4v) is 1.85. The van der Waals surface area contributed by atoms with Crippen LogP contribution in [0, 0.1) is 17.8 Å². The Morgan fingerprint density at radius 2 is 2.08 bits per heavy atom. The SMILES string of the molecule is CC#CCC1CCCCCCC1=O. The number of carbonyl (C=O) groups excluding carboxylic acids is 1. The van der Waals surface area contributed by atoms with Gasteiger partial charge >= 0.3 is 0 Å². The molecule has 1 nitrogen and oxygen atoms in total. The fraction of sp³-hybridized carbons (Fsp3) is 0.750. The number of rotatable bonds is 1. The van der Waals surface area contributed by atoms with E-state index in [0.717, 1.165) is 25.7 Å². The van der Waals surface area contributed by atoms with Gasteiger partial charge in [0.05, 0.1) is 0 Å². The van der Waals surface area contributed by atoms with Gasteiger partial charge in [-0.3, -0.25) is 4.79 Å². The van der Waals surface area contributed by atoms with Gasteiger partial charge in [-0.1, -0.05) is 19.3 Å². The van der Waals surface area contributed by atoms with E-state index < -0.39 is 0 Å². The van der Waals surface area contributed by atoms with Crippen molar-refractivity contribution in [2.75, 3.05) is 0 Å². The van der Waals surface area contributed by atoms with Crippen LogP contribution >= 0.6 is 0 Å². The third kappa shape index (κ3) is 3.63. The minimum Gasteiger partial charge on any atom is -0.299 e. The molecule has 0 heterocycles. The van der Waals surface area contributed by atoms with Gasteiger partial charge in [-0.25, -0.2) is 0 Å². The molecule has 0 radical (unpaired) electrons. The lowest BCUT2D eigenvalue weighted by Gasteiger charge is -2.15. The maximum atomic E-state index is 11.6. The van der Waals surface area contributed by atoms with E-state index in [1.54, 1.807) is 0 Å². The van der Waals surface area contributed by atoms with E-state index in [-0.39, 0.29) is 5.92 Å². The molecule has 1 fully saturated rings. The van der Waals surface area contributed by atoms with Crippen LogP contribution in [0.5, 0.6) is 0 Å². The zero-order valence-corrected chi connectivity index (χ0v) is 8.44. The Bertz CT molecular complexity index is 219. The van der Waals surface area contributed by atoms with Crippen LogP contribution < -0.4 is 0 Å². The monoisotopic (exact) mass is 178 g/mol. The van der Waals surface area contributed by atoms with Gasteiger partial charge in [0.2, 0.25) is 0 Å². The van der Waals surface area contributed by atoms with E-state index in [0.29, 0.717) is 5.78 Å². The normalized spacial score (nSPS) is 24.1. The van der Waals surface area contributed by atoms with Crippen molar-refractivity contribution >= 4 is 5.78 Å². The summed E-state index contributed by atoms with van der Waals surface area (Å²) in [6.07, 6.45) is 7.47. The number of ketones is 1. The molecule has 13 heavy (non-hydrogen) atoms. The highest BCUT2D eigenvalue weighted by atomic mass is 16.1. The van der Waals surface area contributed by atoms with E-state index in [1.165, 1.54) is 19.3 Å². The van der Waals surface area contributed by atoms with Crippen molar-refractivity contribution < 1.29 is 4.79 Å². The summed E-state index contributed by atoms with van der Waals surface area (Å²) in [6.45, 7) is 1.84. The Labute approximate surface area is 80.9 Å². The Hall–Kier alpha value is -0.770. The van der Waals surface area contributed by atoms with Crippen molar-refractivity contribution in [1.82, 2.24) is 0 Å². The molecule has 0 spiro atoms. The molecule has 0 saturated heterocycles. The summed E-state index contributed by atoms with van der Waals surface area (Å²) in [5.41, 5.74) is 0. The molecule has 0 aliphatic heterocycles. The van der Waals surface area contributed by atoms with Gasteiger partial charge in [0.1, 0.15) is 5.78 Å². The quantitative estimate of drug-likeness (QED) is 0.564. The van der Waals surface area contributed by atoms with E-state index >= 15 is 0 Å². The molecule has 0 N–H and O–H groups in total. The predicted molar refractivity (Wildman–Crippen MR) is 54.3 cm³/mol. The lowest BCUT2D eigenvalue weighted by molar-refractivity contribution is -0.123. The molecule has 0 aromatic rings. The van der Waals surface area contributed by atoms with Gasteiger partial charge < -0.3 is 0 Å². The highest BCUT2D eigenvalue weighted by molar-refractivity contribution is 5.81. The van der Waals surface area contributed by atoms with E-state index in [9.17, 15) is 4.79 Å². The van der Waals surface area contributed by atoms with E-state index in [4.69, 9.17) is 0 Å². The second kappa shape index (κ2) is 5.80. The van der Waals surface area contributed by atoms with Crippen LogP contribution in [0.25, 0.3) is 0 Å². The molecule has 1 heteroatoms. The Kier molecular flexibility index (Phi) is 4.60. The number of Topliss-reactive ketones (excluding diaryl/α,β-unsaturated/α-hetero) is 1. The average Bonchev–Trinajstić information content (AvgIpc) is 2.11. The van der Waals surface area contributed by atoms with Gasteiger partial charge in [0.25, 0.3) is 0 Å². The minimum atomic E-state index is 0.243. The maximum Gasteiger partial charge on any atom is 0.136 e. The second-order valence-corrected chi connectivity index (χ2v) is 3.75. The van der Waals surface area contributed by atoms with Crippen LogP contribution in [-0.4, -0.2) is 5.78 Å². The summed E-state index contributed by atoms with van der Waals surface area (Å²) in [4.78, 5) is 11.6. The Balaban J connectivity index is 2.44. The highest BCUT2D eigenvalue weighted by Gasteiger charge is 2.18. The summed E-state index contributed by atoms with van der Waals surface area (Å²) in [6, 6.07) is 0. The van der Waals surface area contributed by atoms with Gasteiger partial charge in [-0.15, -0.1) is 11.8 Å². The fourth-order valence-electron chi connectivity index (χ4n) is 1.85. The molecule has 0 aromatic heterocycles. The van der Waals surface area contributed by atoms with Crippen LogP contribution in [0.4, 0.5) is 0 Å². The Morgan fingerprint density at radius 3 is 2.85 bits per heavy atom. The topological polar surface area (TPSA) is 17.1 Å². The third-order valence-electron chi connectivity index (χ3n) is 2.71. The molecule has 1 aliphatic carbocycles. The molecule has 1 aliphatic rings. The number of carbonyl (C=O) groups is 1. The molecular weight excluding hydrogens is 160 g/mol. The summed E-state index contributed by atoms with van der Waals surface area (Å²) in [5, 5.41) is 0. The lowest BCUT2D eigenvalue weighted by Crippen LogP contribution is -2.15. The van der Waals surface area contributed by atoms with Crippen molar-refractivity contribution in [3.8, 4) is 11.8 Å². The first-order valence-electron chi connectivity index (χ1n) is 5.27. The van der Waals surface area contributed by atoms with Gasteiger partial charge in [-0.2, -0.15) is 0 Å².